The zero-order valence-electron chi connectivity index (χ0n) is 11.7. The van der Waals surface area contributed by atoms with Gasteiger partial charge in [0.1, 0.15) is 5.60 Å². The molecule has 3 aliphatic heterocycles. The van der Waals surface area contributed by atoms with Gasteiger partial charge in [-0.2, -0.15) is 11.8 Å². The molecule has 5 heteroatoms. The number of rotatable bonds is 3. The van der Waals surface area contributed by atoms with Crippen molar-refractivity contribution in [1.29, 1.82) is 0 Å². The summed E-state index contributed by atoms with van der Waals surface area (Å²) >= 11 is 2.00. The molecule has 3 heterocycles. The van der Waals surface area contributed by atoms with Gasteiger partial charge in [-0.15, -0.1) is 0 Å². The lowest BCUT2D eigenvalue weighted by Crippen LogP contribution is -2.53. The molecular weight excluding hydrogens is 262 g/mol. The third-order valence-corrected chi connectivity index (χ3v) is 6.14. The van der Waals surface area contributed by atoms with Gasteiger partial charge in [0.15, 0.2) is 0 Å². The molecule has 0 aliphatic carbocycles. The normalized spacial score (nSPS) is 47.1. The Hall–Kier alpha value is 0.190. The molecule has 0 radical (unpaired) electrons. The van der Waals surface area contributed by atoms with Crippen molar-refractivity contribution < 1.29 is 14.6 Å². The van der Waals surface area contributed by atoms with Crippen molar-refractivity contribution in [2.45, 2.75) is 56.0 Å². The number of hydrogen-bond donors (Lipinski definition) is 2. The lowest BCUT2D eigenvalue weighted by atomic mass is 9.89. The van der Waals surface area contributed by atoms with E-state index in [1.165, 1.54) is 12.2 Å². The van der Waals surface area contributed by atoms with E-state index in [-0.39, 0.29) is 11.7 Å². The smallest absolute Gasteiger partial charge is 0.105 e. The number of hydrogen-bond acceptors (Lipinski definition) is 5. The van der Waals surface area contributed by atoms with Gasteiger partial charge in [-0.25, -0.2) is 0 Å². The summed E-state index contributed by atoms with van der Waals surface area (Å²) in [5, 5.41) is 14.1. The highest BCUT2D eigenvalue weighted by Crippen LogP contribution is 2.38. The number of thioether (sulfide) groups is 1. The van der Waals surface area contributed by atoms with E-state index >= 15 is 0 Å². The molecule has 3 aliphatic rings. The van der Waals surface area contributed by atoms with Crippen LogP contribution in [0.4, 0.5) is 0 Å². The van der Waals surface area contributed by atoms with Crippen molar-refractivity contribution in [2.75, 3.05) is 31.3 Å². The van der Waals surface area contributed by atoms with Gasteiger partial charge in [-0.1, -0.05) is 0 Å². The van der Waals surface area contributed by atoms with Crippen LogP contribution < -0.4 is 5.32 Å². The fourth-order valence-electron chi connectivity index (χ4n) is 3.39. The maximum Gasteiger partial charge on any atom is 0.105 e. The van der Waals surface area contributed by atoms with E-state index in [0.717, 1.165) is 31.6 Å². The molecule has 0 aromatic rings. The molecule has 4 atom stereocenters. The third kappa shape index (κ3) is 2.95. The Bertz CT molecular complexity index is 322. The molecule has 0 amide bonds. The Morgan fingerprint density at radius 3 is 2.95 bits per heavy atom. The highest BCUT2D eigenvalue weighted by Gasteiger charge is 2.43. The topological polar surface area (TPSA) is 50.7 Å². The van der Waals surface area contributed by atoms with Crippen LogP contribution in [0.15, 0.2) is 0 Å². The van der Waals surface area contributed by atoms with Crippen LogP contribution in [0.1, 0.15) is 32.6 Å². The minimum atomic E-state index is -0.685. The predicted octanol–water partition coefficient (Wildman–Crippen LogP) is 1.17. The van der Waals surface area contributed by atoms with Crippen LogP contribution in [0.25, 0.3) is 0 Å². The summed E-state index contributed by atoms with van der Waals surface area (Å²) < 4.78 is 11.5. The van der Waals surface area contributed by atoms with Crippen molar-refractivity contribution in [3.8, 4) is 0 Å². The first kappa shape index (κ1) is 14.1. The average Bonchev–Trinajstić information content (AvgIpc) is 2.97. The third-order valence-electron chi connectivity index (χ3n) is 4.92. The van der Waals surface area contributed by atoms with Gasteiger partial charge in [-0.05, 0) is 31.9 Å². The van der Waals surface area contributed by atoms with Crippen LogP contribution in [-0.4, -0.2) is 59.7 Å². The van der Waals surface area contributed by atoms with Crippen molar-refractivity contribution in [1.82, 2.24) is 5.32 Å². The van der Waals surface area contributed by atoms with Gasteiger partial charge < -0.3 is 19.9 Å². The Balaban J connectivity index is 1.52. The number of ether oxygens (including phenoxy) is 2. The van der Waals surface area contributed by atoms with Crippen LogP contribution in [0.3, 0.4) is 0 Å². The molecule has 0 aromatic carbocycles. The van der Waals surface area contributed by atoms with Crippen LogP contribution >= 0.6 is 11.8 Å². The van der Waals surface area contributed by atoms with Crippen molar-refractivity contribution in [3.63, 3.8) is 0 Å². The molecule has 110 valence electrons. The van der Waals surface area contributed by atoms with Crippen LogP contribution in [-0.2, 0) is 9.47 Å². The molecule has 19 heavy (non-hydrogen) atoms. The quantitative estimate of drug-likeness (QED) is 0.816. The zero-order valence-corrected chi connectivity index (χ0v) is 12.5. The van der Waals surface area contributed by atoms with E-state index in [2.05, 4.69) is 5.32 Å². The fraction of sp³-hybridized carbons (Fsp3) is 1.00. The molecule has 1 spiro atoms. The summed E-state index contributed by atoms with van der Waals surface area (Å²) in [7, 11) is 0. The first-order chi connectivity index (χ1) is 9.12. The summed E-state index contributed by atoms with van der Waals surface area (Å²) in [6.45, 7) is 4.13. The lowest BCUT2D eigenvalue weighted by molar-refractivity contribution is -0.0761. The summed E-state index contributed by atoms with van der Waals surface area (Å²) in [5.41, 5.74) is -0.573. The van der Waals surface area contributed by atoms with Gasteiger partial charge >= 0.3 is 0 Å². The Morgan fingerprint density at radius 1 is 1.37 bits per heavy atom. The molecule has 4 nitrogen and oxygen atoms in total. The monoisotopic (exact) mass is 287 g/mol. The van der Waals surface area contributed by atoms with Crippen LogP contribution in [0, 0.1) is 0 Å². The molecule has 0 bridgehead atoms. The number of aliphatic hydroxyl groups is 1. The van der Waals surface area contributed by atoms with Gasteiger partial charge in [0, 0.05) is 38.0 Å². The van der Waals surface area contributed by atoms with Gasteiger partial charge in [-0.3, -0.25) is 0 Å². The maximum atomic E-state index is 10.5. The summed E-state index contributed by atoms with van der Waals surface area (Å²) in [4.78, 5) is 0. The molecule has 4 unspecified atom stereocenters. The van der Waals surface area contributed by atoms with Gasteiger partial charge in [0.05, 0.1) is 11.7 Å². The second-order valence-corrected chi connectivity index (χ2v) is 7.38. The Morgan fingerprint density at radius 2 is 2.26 bits per heavy atom. The first-order valence-electron chi connectivity index (χ1n) is 7.41. The second-order valence-electron chi connectivity index (χ2n) is 6.27. The standard InChI is InChI=1S/C14H25NO3S/c1-11-14(16,3-6-17-11)9-15-12-2-5-18-13(8-12)4-7-19-10-13/h11-12,15-16H,2-10H2,1H3. The number of nitrogens with one attached hydrogen (secondary N) is 1. The predicted molar refractivity (Wildman–Crippen MR) is 76.6 cm³/mol. The van der Waals surface area contributed by atoms with Crippen LogP contribution in [0.2, 0.25) is 0 Å². The molecule has 3 saturated heterocycles. The summed E-state index contributed by atoms with van der Waals surface area (Å²) in [6.07, 6.45) is 4.00. The maximum absolute atomic E-state index is 10.5. The largest absolute Gasteiger partial charge is 0.386 e. The summed E-state index contributed by atoms with van der Waals surface area (Å²) in [6, 6.07) is 0.476. The van der Waals surface area contributed by atoms with Crippen molar-refractivity contribution in [3.05, 3.63) is 0 Å². The Labute approximate surface area is 119 Å². The zero-order chi connectivity index (χ0) is 13.3. The molecular formula is C14H25NO3S. The van der Waals surface area contributed by atoms with E-state index in [4.69, 9.17) is 9.47 Å². The van der Waals surface area contributed by atoms with Gasteiger partial charge in [0.2, 0.25) is 0 Å². The van der Waals surface area contributed by atoms with E-state index < -0.39 is 5.60 Å². The van der Waals surface area contributed by atoms with E-state index in [9.17, 15) is 5.11 Å². The molecule has 0 saturated carbocycles. The highest BCUT2D eigenvalue weighted by molar-refractivity contribution is 7.99. The molecule has 2 N–H and O–H groups in total. The minimum absolute atomic E-state index is 0.0594. The SMILES string of the molecule is CC1OCCC1(O)CNC1CCOC2(CCSC2)C1. The highest BCUT2D eigenvalue weighted by atomic mass is 32.2. The van der Waals surface area contributed by atoms with Crippen LogP contribution in [0.5, 0.6) is 0 Å². The lowest BCUT2D eigenvalue weighted by Gasteiger charge is -2.39. The van der Waals surface area contributed by atoms with Crippen molar-refractivity contribution >= 4 is 11.8 Å². The van der Waals surface area contributed by atoms with Gasteiger partial charge in [0.25, 0.3) is 0 Å². The van der Waals surface area contributed by atoms with E-state index in [1.807, 2.05) is 18.7 Å². The Kier molecular flexibility index (Phi) is 4.11. The molecule has 3 rings (SSSR count). The fourth-order valence-corrected chi connectivity index (χ4v) is 4.77. The first-order valence-corrected chi connectivity index (χ1v) is 8.57. The minimum Gasteiger partial charge on any atom is -0.386 e. The molecule has 3 fully saturated rings. The van der Waals surface area contributed by atoms with Crippen molar-refractivity contribution in [2.24, 2.45) is 0 Å². The second kappa shape index (κ2) is 5.53. The molecule has 0 aromatic heterocycles. The van der Waals surface area contributed by atoms with E-state index in [0.29, 0.717) is 19.2 Å². The van der Waals surface area contributed by atoms with E-state index in [1.54, 1.807) is 0 Å². The average molecular weight is 287 g/mol. The summed E-state index contributed by atoms with van der Waals surface area (Å²) in [5.74, 6) is 2.36.